The minimum Gasteiger partial charge on any atom is -0.481 e. The van der Waals surface area contributed by atoms with Crippen LogP contribution in [-0.4, -0.2) is 27.7 Å². The Kier molecular flexibility index (Phi) is 3.47. The molecule has 0 aromatic carbocycles. The molecule has 5 heteroatoms. The summed E-state index contributed by atoms with van der Waals surface area (Å²) < 4.78 is 5.78. The number of carboxylic acid groups (broad SMARTS) is 1. The summed E-state index contributed by atoms with van der Waals surface area (Å²) in [5, 5.41) is 8.62. The van der Waals surface area contributed by atoms with Gasteiger partial charge in [-0.25, -0.2) is 4.98 Å². The number of carboxylic acids is 1. The number of rotatable bonds is 4. The maximum Gasteiger partial charge on any atom is 0.303 e. The Morgan fingerprint density at radius 3 is 3.12 bits per heavy atom. The number of imidazole rings is 1. The largest absolute Gasteiger partial charge is 0.481 e. The van der Waals surface area contributed by atoms with Gasteiger partial charge in [0, 0.05) is 18.5 Å². The first kappa shape index (κ1) is 12.1. The lowest BCUT2D eigenvalue weighted by atomic mass is 9.95. The second kappa shape index (κ2) is 4.87. The van der Waals surface area contributed by atoms with Crippen LogP contribution >= 0.6 is 0 Å². The monoisotopic (exact) mass is 238 g/mol. The molecule has 1 aromatic heterocycles. The van der Waals surface area contributed by atoms with Crippen LogP contribution < -0.4 is 0 Å². The van der Waals surface area contributed by atoms with Crippen molar-refractivity contribution in [2.75, 3.05) is 6.61 Å². The first-order valence-corrected chi connectivity index (χ1v) is 6.00. The molecule has 1 aliphatic rings. The molecule has 1 atom stereocenters. The topological polar surface area (TPSA) is 75.2 Å². The van der Waals surface area contributed by atoms with Crippen molar-refractivity contribution in [3.63, 3.8) is 0 Å². The van der Waals surface area contributed by atoms with E-state index in [1.54, 1.807) is 6.20 Å². The lowest BCUT2D eigenvalue weighted by molar-refractivity contribution is -0.136. The van der Waals surface area contributed by atoms with E-state index in [1.807, 2.05) is 6.92 Å². The molecule has 0 amide bonds. The standard InChI is InChI=1S/C12H18N2O3/c1-12(6-2-3-7-17-12)11-13-8-9(14-11)4-5-10(15)16/h8H,2-7H2,1H3,(H,13,14)(H,15,16). The molecule has 0 radical (unpaired) electrons. The highest BCUT2D eigenvalue weighted by atomic mass is 16.5. The van der Waals surface area contributed by atoms with E-state index in [-0.39, 0.29) is 12.0 Å². The third-order valence-corrected chi connectivity index (χ3v) is 3.21. The van der Waals surface area contributed by atoms with Crippen molar-refractivity contribution in [1.82, 2.24) is 9.97 Å². The van der Waals surface area contributed by atoms with Gasteiger partial charge in [-0.1, -0.05) is 0 Å². The number of aromatic nitrogens is 2. The van der Waals surface area contributed by atoms with E-state index >= 15 is 0 Å². The number of nitrogens with one attached hydrogen (secondary N) is 1. The minimum atomic E-state index is -0.790. The van der Waals surface area contributed by atoms with Gasteiger partial charge in [0.05, 0.1) is 6.42 Å². The van der Waals surface area contributed by atoms with E-state index in [0.29, 0.717) is 6.42 Å². The number of nitrogens with zero attached hydrogens (tertiary/aromatic N) is 1. The van der Waals surface area contributed by atoms with Crippen LogP contribution in [0.5, 0.6) is 0 Å². The number of hydrogen-bond donors (Lipinski definition) is 2. The molecule has 1 saturated heterocycles. The van der Waals surface area contributed by atoms with Crippen LogP contribution in [0.2, 0.25) is 0 Å². The van der Waals surface area contributed by atoms with E-state index in [2.05, 4.69) is 9.97 Å². The molecule has 0 saturated carbocycles. The molecular weight excluding hydrogens is 220 g/mol. The molecule has 0 spiro atoms. The minimum absolute atomic E-state index is 0.124. The Bertz CT molecular complexity index is 394. The Hall–Kier alpha value is -1.36. The van der Waals surface area contributed by atoms with Crippen molar-refractivity contribution >= 4 is 5.97 Å². The summed E-state index contributed by atoms with van der Waals surface area (Å²) in [7, 11) is 0. The van der Waals surface area contributed by atoms with Crippen LogP contribution in [0.4, 0.5) is 0 Å². The molecule has 1 aliphatic heterocycles. The Labute approximate surface area is 100 Å². The smallest absolute Gasteiger partial charge is 0.303 e. The Morgan fingerprint density at radius 1 is 1.65 bits per heavy atom. The van der Waals surface area contributed by atoms with Crippen molar-refractivity contribution in [3.05, 3.63) is 17.7 Å². The first-order chi connectivity index (χ1) is 8.10. The van der Waals surface area contributed by atoms with E-state index in [9.17, 15) is 4.79 Å². The van der Waals surface area contributed by atoms with Crippen LogP contribution in [0.3, 0.4) is 0 Å². The van der Waals surface area contributed by atoms with E-state index < -0.39 is 5.97 Å². The molecule has 5 nitrogen and oxygen atoms in total. The average Bonchev–Trinajstić information content (AvgIpc) is 2.76. The van der Waals surface area contributed by atoms with Gasteiger partial charge in [-0.3, -0.25) is 4.79 Å². The van der Waals surface area contributed by atoms with Crippen molar-refractivity contribution in [2.24, 2.45) is 0 Å². The van der Waals surface area contributed by atoms with Gasteiger partial charge >= 0.3 is 5.97 Å². The number of H-pyrrole nitrogens is 1. The summed E-state index contributed by atoms with van der Waals surface area (Å²) in [5.74, 6) is 0.0267. The highest BCUT2D eigenvalue weighted by Crippen LogP contribution is 2.32. The average molecular weight is 238 g/mol. The Balaban J connectivity index is 2.03. The van der Waals surface area contributed by atoms with E-state index in [0.717, 1.165) is 37.4 Å². The van der Waals surface area contributed by atoms with E-state index in [1.165, 1.54) is 0 Å². The highest BCUT2D eigenvalue weighted by Gasteiger charge is 2.32. The molecule has 2 N–H and O–H groups in total. The molecule has 1 fully saturated rings. The van der Waals surface area contributed by atoms with Gasteiger partial charge in [0.1, 0.15) is 11.4 Å². The maximum atomic E-state index is 10.5. The predicted octanol–water partition coefficient (Wildman–Crippen LogP) is 1.84. The molecular formula is C12H18N2O3. The van der Waals surface area contributed by atoms with Crippen LogP contribution in [0.25, 0.3) is 0 Å². The van der Waals surface area contributed by atoms with Gasteiger partial charge < -0.3 is 14.8 Å². The molecule has 0 bridgehead atoms. The fraction of sp³-hybridized carbons (Fsp3) is 0.667. The second-order valence-corrected chi connectivity index (χ2v) is 4.69. The van der Waals surface area contributed by atoms with Gasteiger partial charge in [0.15, 0.2) is 0 Å². The van der Waals surface area contributed by atoms with Gasteiger partial charge in [0.2, 0.25) is 0 Å². The molecule has 94 valence electrons. The molecule has 2 rings (SSSR count). The quantitative estimate of drug-likeness (QED) is 0.839. The second-order valence-electron chi connectivity index (χ2n) is 4.69. The summed E-state index contributed by atoms with van der Waals surface area (Å²) >= 11 is 0. The Morgan fingerprint density at radius 2 is 2.47 bits per heavy atom. The maximum absolute atomic E-state index is 10.5. The number of aromatic amines is 1. The van der Waals surface area contributed by atoms with Gasteiger partial charge in [-0.15, -0.1) is 0 Å². The summed E-state index contributed by atoms with van der Waals surface area (Å²) in [6.45, 7) is 2.80. The molecule has 1 aromatic rings. The number of hydrogen-bond acceptors (Lipinski definition) is 3. The number of carbonyl (C=O) groups is 1. The van der Waals surface area contributed by atoms with Crippen LogP contribution in [0, 0.1) is 0 Å². The van der Waals surface area contributed by atoms with Crippen molar-refractivity contribution in [1.29, 1.82) is 0 Å². The summed E-state index contributed by atoms with van der Waals surface area (Å²) in [6.07, 6.45) is 5.52. The predicted molar refractivity (Wildman–Crippen MR) is 61.7 cm³/mol. The summed E-state index contributed by atoms with van der Waals surface area (Å²) in [4.78, 5) is 18.0. The van der Waals surface area contributed by atoms with Crippen molar-refractivity contribution < 1.29 is 14.6 Å². The van der Waals surface area contributed by atoms with Crippen molar-refractivity contribution in [3.8, 4) is 0 Å². The first-order valence-electron chi connectivity index (χ1n) is 6.00. The van der Waals surface area contributed by atoms with Gasteiger partial charge in [-0.2, -0.15) is 0 Å². The zero-order chi connectivity index (χ0) is 12.3. The highest BCUT2D eigenvalue weighted by molar-refractivity contribution is 5.66. The van der Waals surface area contributed by atoms with Gasteiger partial charge in [-0.05, 0) is 32.6 Å². The third-order valence-electron chi connectivity index (χ3n) is 3.21. The lowest BCUT2D eigenvalue weighted by Crippen LogP contribution is -2.31. The fourth-order valence-corrected chi connectivity index (χ4v) is 2.12. The SMILES string of the molecule is CC1(c2ncc(CCC(=O)O)[nH]2)CCCCO1. The van der Waals surface area contributed by atoms with Gasteiger partial charge in [0.25, 0.3) is 0 Å². The molecule has 0 aliphatic carbocycles. The van der Waals surface area contributed by atoms with Crippen LogP contribution in [0.15, 0.2) is 6.20 Å². The van der Waals surface area contributed by atoms with Crippen LogP contribution in [0.1, 0.15) is 44.1 Å². The zero-order valence-corrected chi connectivity index (χ0v) is 10.0. The summed E-state index contributed by atoms with van der Waals surface area (Å²) in [6, 6.07) is 0. The van der Waals surface area contributed by atoms with Crippen molar-refractivity contribution in [2.45, 2.75) is 44.6 Å². The number of aryl methyl sites for hydroxylation is 1. The molecule has 17 heavy (non-hydrogen) atoms. The number of aliphatic carboxylic acids is 1. The third kappa shape index (κ3) is 2.85. The zero-order valence-electron chi connectivity index (χ0n) is 10.0. The number of ether oxygens (including phenoxy) is 1. The summed E-state index contributed by atoms with van der Waals surface area (Å²) in [5.41, 5.74) is 0.525. The molecule has 1 unspecified atom stereocenters. The van der Waals surface area contributed by atoms with E-state index in [4.69, 9.17) is 9.84 Å². The lowest BCUT2D eigenvalue weighted by Gasteiger charge is -2.31. The molecule has 2 heterocycles. The van der Waals surface area contributed by atoms with Crippen LogP contribution in [-0.2, 0) is 21.6 Å². The normalized spacial score (nSPS) is 24.8. The fourth-order valence-electron chi connectivity index (χ4n) is 2.12.